The van der Waals surface area contributed by atoms with E-state index in [-0.39, 0.29) is 18.4 Å². The monoisotopic (exact) mass is 480 g/mol. The molecule has 0 unspecified atom stereocenters. The fourth-order valence-corrected chi connectivity index (χ4v) is 3.95. The highest BCUT2D eigenvalue weighted by Crippen LogP contribution is 2.28. The van der Waals surface area contributed by atoms with E-state index in [0.29, 0.717) is 17.0 Å². The predicted molar refractivity (Wildman–Crippen MR) is 108 cm³/mol. The van der Waals surface area contributed by atoms with E-state index in [1.54, 1.807) is 30.3 Å². The lowest BCUT2D eigenvalue weighted by atomic mass is 10.1. The van der Waals surface area contributed by atoms with Gasteiger partial charge >= 0.3 is 0 Å². The summed E-state index contributed by atoms with van der Waals surface area (Å²) in [6, 6.07) is 12.5. The van der Waals surface area contributed by atoms with Crippen LogP contribution in [0.15, 0.2) is 51.4 Å². The van der Waals surface area contributed by atoms with Gasteiger partial charge in [0.2, 0.25) is 0 Å². The van der Waals surface area contributed by atoms with E-state index in [1.807, 2.05) is 17.0 Å². The molecule has 1 fully saturated rings. The molecule has 3 rings (SSSR count). The number of nitrogens with zero attached hydrogens (tertiary/aromatic N) is 1. The number of carbonyl (C=O) groups is 2. The van der Waals surface area contributed by atoms with Crippen LogP contribution in [0.2, 0.25) is 0 Å². The average molecular weight is 482 g/mol. The van der Waals surface area contributed by atoms with Crippen molar-refractivity contribution < 1.29 is 14.3 Å². The normalized spacial score (nSPS) is 13.5. The van der Waals surface area contributed by atoms with Crippen molar-refractivity contribution in [1.29, 1.82) is 0 Å². The van der Waals surface area contributed by atoms with Crippen LogP contribution in [0.3, 0.4) is 0 Å². The van der Waals surface area contributed by atoms with Gasteiger partial charge in [-0.3, -0.25) is 9.59 Å². The summed E-state index contributed by atoms with van der Waals surface area (Å²) < 4.78 is 7.22. The summed E-state index contributed by atoms with van der Waals surface area (Å²) in [7, 11) is 0. The number of para-hydroxylation sites is 1. The minimum absolute atomic E-state index is 0.0463. The number of hydrogen-bond acceptors (Lipinski definition) is 3. The zero-order chi connectivity index (χ0) is 18.5. The third kappa shape index (κ3) is 4.65. The van der Waals surface area contributed by atoms with Crippen LogP contribution in [0, 0.1) is 0 Å². The van der Waals surface area contributed by atoms with Gasteiger partial charge in [-0.2, -0.15) is 0 Å². The molecule has 0 radical (unpaired) electrons. The summed E-state index contributed by atoms with van der Waals surface area (Å²) in [6.07, 6.45) is 2.05. The number of hydrogen-bond donors (Lipinski definition) is 1. The van der Waals surface area contributed by atoms with Crippen LogP contribution in [0.4, 0.5) is 5.69 Å². The fourth-order valence-electron chi connectivity index (χ4n) is 2.79. The van der Waals surface area contributed by atoms with Crippen molar-refractivity contribution in [2.24, 2.45) is 0 Å². The first-order chi connectivity index (χ1) is 12.5. The lowest BCUT2D eigenvalue weighted by Gasteiger charge is -2.18. The summed E-state index contributed by atoms with van der Waals surface area (Å²) in [5.74, 6) is 0.209. The second kappa shape index (κ2) is 8.68. The molecular weight excluding hydrogens is 464 g/mol. The van der Waals surface area contributed by atoms with Crippen LogP contribution in [0.1, 0.15) is 23.2 Å². The maximum Gasteiger partial charge on any atom is 0.262 e. The van der Waals surface area contributed by atoms with Crippen LogP contribution in [-0.2, 0) is 4.79 Å². The van der Waals surface area contributed by atoms with Gasteiger partial charge in [-0.25, -0.2) is 0 Å². The van der Waals surface area contributed by atoms with Crippen molar-refractivity contribution in [2.45, 2.75) is 12.8 Å². The van der Waals surface area contributed by atoms with Gasteiger partial charge in [-0.1, -0.05) is 28.1 Å². The van der Waals surface area contributed by atoms with E-state index < -0.39 is 0 Å². The Balaban J connectivity index is 1.65. The predicted octanol–water partition coefficient (Wildman–Crippen LogP) is 4.47. The smallest absolute Gasteiger partial charge is 0.262 e. The molecule has 0 aliphatic carbocycles. The van der Waals surface area contributed by atoms with E-state index in [0.717, 1.165) is 34.9 Å². The van der Waals surface area contributed by atoms with Gasteiger partial charge in [0, 0.05) is 17.6 Å². The van der Waals surface area contributed by atoms with Crippen LogP contribution in [0.25, 0.3) is 0 Å². The molecule has 0 atom stereocenters. The van der Waals surface area contributed by atoms with Crippen molar-refractivity contribution in [3.8, 4) is 5.75 Å². The Morgan fingerprint density at radius 1 is 1.08 bits per heavy atom. The standard InChI is InChI=1S/C19H18Br2N2O3/c20-13-7-8-17(15(21)11-13)26-12-18(24)22-16-6-2-1-5-14(16)19(25)23-9-3-4-10-23/h1-2,5-8,11H,3-4,9-10,12H2,(H,22,24). The minimum atomic E-state index is -0.318. The number of anilines is 1. The van der Waals surface area contributed by atoms with E-state index in [4.69, 9.17) is 4.74 Å². The van der Waals surface area contributed by atoms with Crippen molar-refractivity contribution >= 4 is 49.4 Å². The van der Waals surface area contributed by atoms with Gasteiger partial charge < -0.3 is 15.0 Å². The third-order valence-corrected chi connectivity index (χ3v) is 5.19. The molecule has 0 spiro atoms. The van der Waals surface area contributed by atoms with Crippen molar-refractivity contribution in [1.82, 2.24) is 4.90 Å². The number of rotatable bonds is 5. The maximum atomic E-state index is 12.6. The first-order valence-corrected chi connectivity index (χ1v) is 9.89. The van der Waals surface area contributed by atoms with Gasteiger partial charge in [0.15, 0.2) is 6.61 Å². The topological polar surface area (TPSA) is 58.6 Å². The second-order valence-electron chi connectivity index (χ2n) is 5.96. The number of carbonyl (C=O) groups excluding carboxylic acids is 2. The quantitative estimate of drug-likeness (QED) is 0.685. The highest BCUT2D eigenvalue weighted by molar-refractivity contribution is 9.11. The zero-order valence-electron chi connectivity index (χ0n) is 14.0. The van der Waals surface area contributed by atoms with E-state index in [2.05, 4.69) is 37.2 Å². The largest absolute Gasteiger partial charge is 0.483 e. The number of halogens is 2. The van der Waals surface area contributed by atoms with Gasteiger partial charge in [0.1, 0.15) is 5.75 Å². The molecule has 1 N–H and O–H groups in total. The summed E-state index contributed by atoms with van der Waals surface area (Å²) in [4.78, 5) is 26.7. The molecule has 2 amide bonds. The Hall–Kier alpha value is -1.86. The van der Waals surface area contributed by atoms with Gasteiger partial charge in [-0.15, -0.1) is 0 Å². The number of benzene rings is 2. The molecule has 7 heteroatoms. The number of amides is 2. The first-order valence-electron chi connectivity index (χ1n) is 8.30. The Bertz CT molecular complexity index is 820. The highest BCUT2D eigenvalue weighted by Gasteiger charge is 2.22. The number of ether oxygens (including phenoxy) is 1. The Kier molecular flexibility index (Phi) is 6.32. The molecule has 2 aromatic carbocycles. The van der Waals surface area contributed by atoms with Crippen molar-refractivity contribution in [2.75, 3.05) is 25.0 Å². The zero-order valence-corrected chi connectivity index (χ0v) is 17.2. The van der Waals surface area contributed by atoms with Crippen LogP contribution >= 0.6 is 31.9 Å². The molecule has 5 nitrogen and oxygen atoms in total. The molecular formula is C19H18Br2N2O3. The summed E-state index contributed by atoms with van der Waals surface area (Å²) >= 11 is 6.76. The van der Waals surface area contributed by atoms with Crippen LogP contribution < -0.4 is 10.1 Å². The SMILES string of the molecule is O=C(COc1ccc(Br)cc1Br)Nc1ccccc1C(=O)N1CCCC1. The van der Waals surface area contributed by atoms with Crippen LogP contribution in [-0.4, -0.2) is 36.4 Å². The molecule has 136 valence electrons. The molecule has 1 heterocycles. The number of likely N-dealkylation sites (tertiary alicyclic amines) is 1. The molecule has 0 saturated carbocycles. The van der Waals surface area contributed by atoms with Crippen molar-refractivity contribution in [3.05, 3.63) is 57.0 Å². The lowest BCUT2D eigenvalue weighted by molar-refractivity contribution is -0.118. The summed E-state index contributed by atoms with van der Waals surface area (Å²) in [5.41, 5.74) is 1.01. The molecule has 1 saturated heterocycles. The molecule has 0 aromatic heterocycles. The molecule has 0 bridgehead atoms. The minimum Gasteiger partial charge on any atom is -0.483 e. The van der Waals surface area contributed by atoms with Gasteiger partial charge in [0.25, 0.3) is 11.8 Å². The first kappa shape index (κ1) is 18.9. The highest BCUT2D eigenvalue weighted by atomic mass is 79.9. The van der Waals surface area contributed by atoms with Gasteiger partial charge in [0.05, 0.1) is 15.7 Å². The lowest BCUT2D eigenvalue weighted by Crippen LogP contribution is -2.29. The van der Waals surface area contributed by atoms with Crippen molar-refractivity contribution in [3.63, 3.8) is 0 Å². The second-order valence-corrected chi connectivity index (χ2v) is 7.73. The molecule has 2 aromatic rings. The summed E-state index contributed by atoms with van der Waals surface area (Å²) in [5, 5.41) is 2.78. The van der Waals surface area contributed by atoms with E-state index >= 15 is 0 Å². The summed E-state index contributed by atoms with van der Waals surface area (Å²) in [6.45, 7) is 1.39. The number of nitrogens with one attached hydrogen (secondary N) is 1. The van der Waals surface area contributed by atoms with Crippen LogP contribution in [0.5, 0.6) is 5.75 Å². The fraction of sp³-hybridized carbons (Fsp3) is 0.263. The average Bonchev–Trinajstić information content (AvgIpc) is 3.15. The Labute approximate surface area is 169 Å². The molecule has 1 aliphatic heterocycles. The Morgan fingerprint density at radius 2 is 1.81 bits per heavy atom. The van der Waals surface area contributed by atoms with E-state index in [1.165, 1.54) is 0 Å². The molecule has 26 heavy (non-hydrogen) atoms. The Morgan fingerprint density at radius 3 is 2.54 bits per heavy atom. The van der Waals surface area contributed by atoms with E-state index in [9.17, 15) is 9.59 Å². The molecule has 1 aliphatic rings. The maximum absolute atomic E-state index is 12.6. The van der Waals surface area contributed by atoms with Gasteiger partial charge in [-0.05, 0) is 59.1 Å². The third-order valence-electron chi connectivity index (χ3n) is 4.08.